The van der Waals surface area contributed by atoms with Crippen molar-refractivity contribution in [3.8, 4) is 0 Å². The van der Waals surface area contributed by atoms with Crippen LogP contribution in [0.25, 0.3) is 10.8 Å². The minimum Gasteiger partial charge on any atom is -0.481 e. The van der Waals surface area contributed by atoms with Gasteiger partial charge in [0.1, 0.15) is 5.82 Å². The quantitative estimate of drug-likeness (QED) is 0.860. The number of hydrogen-bond donors (Lipinski definition) is 1. The molecule has 3 rings (SSSR count). The van der Waals surface area contributed by atoms with Gasteiger partial charge in [0.05, 0.1) is 5.41 Å². The number of benzene rings is 2. The molecule has 0 aromatic heterocycles. The third-order valence-corrected chi connectivity index (χ3v) is 3.52. The predicted molar refractivity (Wildman–Crippen MR) is 62.5 cm³/mol. The van der Waals surface area contributed by atoms with E-state index in [9.17, 15) is 14.3 Å². The smallest absolute Gasteiger partial charge is 0.314 e. The van der Waals surface area contributed by atoms with E-state index in [0.29, 0.717) is 12.8 Å². The highest BCUT2D eigenvalue weighted by atomic mass is 19.1. The lowest BCUT2D eigenvalue weighted by atomic mass is 9.91. The van der Waals surface area contributed by atoms with Crippen LogP contribution in [0.1, 0.15) is 18.4 Å². The Hall–Kier alpha value is -1.90. The molecule has 1 aliphatic carbocycles. The van der Waals surface area contributed by atoms with Gasteiger partial charge in [-0.1, -0.05) is 24.3 Å². The third-order valence-electron chi connectivity index (χ3n) is 3.52. The summed E-state index contributed by atoms with van der Waals surface area (Å²) >= 11 is 0. The molecule has 0 bridgehead atoms. The monoisotopic (exact) mass is 230 g/mol. The fourth-order valence-corrected chi connectivity index (χ4v) is 2.40. The van der Waals surface area contributed by atoms with Crippen LogP contribution in [-0.4, -0.2) is 11.1 Å². The second-order valence-corrected chi connectivity index (χ2v) is 4.56. The van der Waals surface area contributed by atoms with Crippen molar-refractivity contribution in [3.63, 3.8) is 0 Å². The molecule has 1 saturated carbocycles. The van der Waals surface area contributed by atoms with E-state index in [1.54, 1.807) is 18.2 Å². The zero-order chi connectivity index (χ0) is 12.0. The van der Waals surface area contributed by atoms with Gasteiger partial charge in [-0.15, -0.1) is 0 Å². The van der Waals surface area contributed by atoms with E-state index in [0.717, 1.165) is 16.3 Å². The first-order valence-corrected chi connectivity index (χ1v) is 5.56. The summed E-state index contributed by atoms with van der Waals surface area (Å²) in [6.45, 7) is 0. The molecular weight excluding hydrogens is 219 g/mol. The lowest BCUT2D eigenvalue weighted by Crippen LogP contribution is -2.19. The normalized spacial score (nSPS) is 17.0. The van der Waals surface area contributed by atoms with Crippen molar-refractivity contribution in [2.45, 2.75) is 18.3 Å². The average Bonchev–Trinajstić information content (AvgIpc) is 3.09. The third kappa shape index (κ3) is 1.42. The molecule has 1 fully saturated rings. The van der Waals surface area contributed by atoms with E-state index in [4.69, 9.17) is 0 Å². The molecule has 1 N–H and O–H groups in total. The van der Waals surface area contributed by atoms with E-state index >= 15 is 0 Å². The van der Waals surface area contributed by atoms with E-state index in [1.165, 1.54) is 12.1 Å². The first-order chi connectivity index (χ1) is 8.13. The van der Waals surface area contributed by atoms with Crippen LogP contribution in [0.3, 0.4) is 0 Å². The van der Waals surface area contributed by atoms with E-state index in [2.05, 4.69) is 0 Å². The van der Waals surface area contributed by atoms with Gasteiger partial charge in [0, 0.05) is 0 Å². The Morgan fingerprint density at radius 3 is 2.65 bits per heavy atom. The molecule has 0 saturated heterocycles. The summed E-state index contributed by atoms with van der Waals surface area (Å²) in [5.41, 5.74) is 0.0691. The highest BCUT2D eigenvalue weighted by Gasteiger charge is 2.52. The van der Waals surface area contributed by atoms with Crippen LogP contribution in [0.5, 0.6) is 0 Å². The Labute approximate surface area is 97.7 Å². The summed E-state index contributed by atoms with van der Waals surface area (Å²) in [4.78, 5) is 11.3. The zero-order valence-corrected chi connectivity index (χ0v) is 9.11. The summed E-state index contributed by atoms with van der Waals surface area (Å²) in [6.07, 6.45) is 1.33. The molecule has 0 aliphatic heterocycles. The number of halogens is 1. The van der Waals surface area contributed by atoms with Gasteiger partial charge in [0.15, 0.2) is 0 Å². The van der Waals surface area contributed by atoms with Gasteiger partial charge >= 0.3 is 5.97 Å². The van der Waals surface area contributed by atoms with Gasteiger partial charge in [0.2, 0.25) is 0 Å². The van der Waals surface area contributed by atoms with Crippen molar-refractivity contribution in [2.24, 2.45) is 0 Å². The highest BCUT2D eigenvalue weighted by molar-refractivity contribution is 5.95. The molecule has 2 nitrogen and oxygen atoms in total. The molecule has 3 heteroatoms. The number of aliphatic carboxylic acids is 1. The van der Waals surface area contributed by atoms with E-state index in [-0.39, 0.29) is 5.82 Å². The van der Waals surface area contributed by atoms with Crippen molar-refractivity contribution >= 4 is 16.7 Å². The fraction of sp³-hybridized carbons (Fsp3) is 0.214. The Morgan fingerprint density at radius 1 is 1.24 bits per heavy atom. The van der Waals surface area contributed by atoms with Crippen molar-refractivity contribution < 1.29 is 14.3 Å². The molecule has 0 amide bonds. The van der Waals surface area contributed by atoms with Gasteiger partial charge in [-0.3, -0.25) is 4.79 Å². The minimum atomic E-state index is -0.783. The molecule has 0 atom stereocenters. The Bertz CT molecular complexity index is 615. The number of rotatable bonds is 2. The molecule has 1 aliphatic rings. The number of hydrogen-bond acceptors (Lipinski definition) is 1. The van der Waals surface area contributed by atoms with Gasteiger partial charge in [-0.05, 0) is 41.3 Å². The maximum Gasteiger partial charge on any atom is 0.314 e. The second kappa shape index (κ2) is 3.29. The van der Waals surface area contributed by atoms with E-state index in [1.807, 2.05) is 6.07 Å². The molecule has 2 aromatic rings. The van der Waals surface area contributed by atoms with Crippen molar-refractivity contribution in [2.75, 3.05) is 0 Å². The molecule has 0 radical (unpaired) electrons. The van der Waals surface area contributed by atoms with Gasteiger partial charge in [-0.2, -0.15) is 0 Å². The summed E-state index contributed by atoms with van der Waals surface area (Å²) in [7, 11) is 0. The van der Waals surface area contributed by atoms with Crippen molar-refractivity contribution in [1.29, 1.82) is 0 Å². The Kier molecular flexibility index (Phi) is 1.99. The summed E-state index contributed by atoms with van der Waals surface area (Å²) in [5.74, 6) is -1.08. The topological polar surface area (TPSA) is 37.3 Å². The largest absolute Gasteiger partial charge is 0.481 e. The van der Waals surface area contributed by atoms with Crippen LogP contribution < -0.4 is 0 Å². The van der Waals surface area contributed by atoms with Crippen LogP contribution in [0.15, 0.2) is 36.4 Å². The number of carboxylic acids is 1. The van der Waals surface area contributed by atoms with Crippen molar-refractivity contribution in [3.05, 3.63) is 47.8 Å². The predicted octanol–water partition coefficient (Wildman–Crippen LogP) is 3.10. The molecule has 0 unspecified atom stereocenters. The zero-order valence-electron chi connectivity index (χ0n) is 9.11. The lowest BCUT2D eigenvalue weighted by Gasteiger charge is -2.13. The first kappa shape index (κ1) is 10.3. The van der Waals surface area contributed by atoms with Crippen molar-refractivity contribution in [1.82, 2.24) is 0 Å². The van der Waals surface area contributed by atoms with Crippen LogP contribution in [0.2, 0.25) is 0 Å². The maximum atomic E-state index is 13.1. The van der Waals surface area contributed by atoms with Gasteiger partial charge in [-0.25, -0.2) is 4.39 Å². The fourth-order valence-electron chi connectivity index (χ4n) is 2.40. The maximum absolute atomic E-state index is 13.1. The highest BCUT2D eigenvalue weighted by Crippen LogP contribution is 2.50. The molecular formula is C14H11FO2. The van der Waals surface area contributed by atoms with Gasteiger partial charge < -0.3 is 5.11 Å². The summed E-state index contributed by atoms with van der Waals surface area (Å²) in [5, 5.41) is 10.9. The SMILES string of the molecule is O=C(O)C1(c2cccc3cc(F)ccc23)CC1. The van der Waals surface area contributed by atoms with Crippen LogP contribution in [-0.2, 0) is 10.2 Å². The molecule has 86 valence electrons. The average molecular weight is 230 g/mol. The molecule has 17 heavy (non-hydrogen) atoms. The van der Waals surface area contributed by atoms with Crippen LogP contribution in [0.4, 0.5) is 4.39 Å². The van der Waals surface area contributed by atoms with Crippen LogP contribution in [0, 0.1) is 5.82 Å². The van der Waals surface area contributed by atoms with Crippen LogP contribution >= 0.6 is 0 Å². The summed E-state index contributed by atoms with van der Waals surface area (Å²) in [6, 6.07) is 9.92. The van der Waals surface area contributed by atoms with Gasteiger partial charge in [0.25, 0.3) is 0 Å². The van der Waals surface area contributed by atoms with E-state index < -0.39 is 11.4 Å². The Morgan fingerprint density at radius 2 is 2.00 bits per heavy atom. The summed E-state index contributed by atoms with van der Waals surface area (Å²) < 4.78 is 13.1. The number of fused-ring (bicyclic) bond motifs is 1. The first-order valence-electron chi connectivity index (χ1n) is 5.56. The molecule has 0 heterocycles. The standard InChI is InChI=1S/C14H11FO2/c15-10-4-5-11-9(8-10)2-1-3-12(11)14(6-7-14)13(16)17/h1-5,8H,6-7H2,(H,16,17). The number of carboxylic acid groups (broad SMARTS) is 1. The Balaban J connectivity index is 2.28. The second-order valence-electron chi connectivity index (χ2n) is 4.56. The lowest BCUT2D eigenvalue weighted by molar-refractivity contribution is -0.139. The minimum absolute atomic E-state index is 0.296. The molecule has 0 spiro atoms. The molecule has 2 aromatic carbocycles. The number of carbonyl (C=O) groups is 1.